The third-order valence-corrected chi connectivity index (χ3v) is 4.04. The first-order valence-electron chi connectivity index (χ1n) is 8.15. The van der Waals surface area contributed by atoms with Gasteiger partial charge in [0.05, 0.1) is 25.6 Å². The molecule has 0 unspecified atom stereocenters. The highest BCUT2D eigenvalue weighted by atomic mass is 16.5. The highest BCUT2D eigenvalue weighted by Crippen LogP contribution is 2.34. The van der Waals surface area contributed by atoms with Crippen molar-refractivity contribution in [2.24, 2.45) is 7.05 Å². The number of anilines is 2. The Morgan fingerprint density at radius 1 is 1.12 bits per heavy atom. The van der Waals surface area contributed by atoms with Crippen LogP contribution in [0.25, 0.3) is 11.0 Å². The Morgan fingerprint density at radius 2 is 1.88 bits per heavy atom. The van der Waals surface area contributed by atoms with E-state index >= 15 is 0 Å². The van der Waals surface area contributed by atoms with Crippen LogP contribution in [0.5, 0.6) is 11.5 Å². The van der Waals surface area contributed by atoms with Gasteiger partial charge in [0.1, 0.15) is 28.4 Å². The highest BCUT2D eigenvalue weighted by Gasteiger charge is 2.18. The van der Waals surface area contributed by atoms with Crippen LogP contribution in [0.4, 0.5) is 11.5 Å². The number of hydrogen-bond donors (Lipinski definition) is 1. The quantitative estimate of drug-likeness (QED) is 0.765. The largest absolute Gasteiger partial charge is 0.497 e. The zero-order chi connectivity index (χ0) is 18.1. The topological polar surface area (TPSA) is 74.1 Å². The highest BCUT2D eigenvalue weighted by molar-refractivity contribution is 5.90. The average molecular weight is 341 g/mol. The lowest BCUT2D eigenvalue weighted by Crippen LogP contribution is -2.05. The lowest BCUT2D eigenvalue weighted by atomic mass is 10.2. The standard InChI is InChI=1S/C18H23N5O2/c1-10(2)17-20-15-11(3)22-23(4)16(15)18(21-17)19-13-9-12(24-5)7-8-14(13)25-6/h7-10H,1-6H3,(H,19,20,21). The second kappa shape index (κ2) is 6.58. The van der Waals surface area contributed by atoms with Crippen molar-refractivity contribution in [3.05, 3.63) is 29.7 Å². The summed E-state index contributed by atoms with van der Waals surface area (Å²) in [7, 11) is 5.16. The number of nitrogens with one attached hydrogen (secondary N) is 1. The molecule has 0 aliphatic heterocycles. The lowest BCUT2D eigenvalue weighted by Gasteiger charge is -2.14. The smallest absolute Gasteiger partial charge is 0.160 e. The van der Waals surface area contributed by atoms with Crippen LogP contribution in [0.15, 0.2) is 18.2 Å². The molecule has 0 aliphatic carbocycles. The molecule has 0 fully saturated rings. The van der Waals surface area contributed by atoms with E-state index in [-0.39, 0.29) is 5.92 Å². The molecule has 0 aliphatic rings. The SMILES string of the molecule is COc1ccc(OC)c(Nc2nc(C(C)C)nc3c(C)nn(C)c23)c1. The van der Waals surface area contributed by atoms with Crippen LogP contribution in [-0.4, -0.2) is 34.0 Å². The molecule has 0 bridgehead atoms. The van der Waals surface area contributed by atoms with Crippen LogP contribution in [0.3, 0.4) is 0 Å². The Kier molecular flexibility index (Phi) is 4.48. The van der Waals surface area contributed by atoms with Crippen molar-refractivity contribution in [3.8, 4) is 11.5 Å². The fraction of sp³-hybridized carbons (Fsp3) is 0.389. The molecule has 2 aromatic heterocycles. The first kappa shape index (κ1) is 17.0. The molecule has 132 valence electrons. The molecule has 1 N–H and O–H groups in total. The van der Waals surface area contributed by atoms with E-state index in [9.17, 15) is 0 Å². The minimum Gasteiger partial charge on any atom is -0.497 e. The van der Waals surface area contributed by atoms with E-state index in [1.807, 2.05) is 32.2 Å². The minimum atomic E-state index is 0.205. The molecule has 0 saturated carbocycles. The maximum Gasteiger partial charge on any atom is 0.160 e. The van der Waals surface area contributed by atoms with E-state index in [2.05, 4.69) is 29.2 Å². The summed E-state index contributed by atoms with van der Waals surface area (Å²) in [6.07, 6.45) is 0. The maximum atomic E-state index is 5.46. The summed E-state index contributed by atoms with van der Waals surface area (Å²) >= 11 is 0. The van der Waals surface area contributed by atoms with E-state index in [4.69, 9.17) is 14.5 Å². The second-order valence-corrected chi connectivity index (χ2v) is 6.18. The normalized spacial score (nSPS) is 11.2. The van der Waals surface area contributed by atoms with Crippen molar-refractivity contribution >= 4 is 22.5 Å². The molecule has 0 spiro atoms. The molecule has 1 aromatic carbocycles. The molecule has 25 heavy (non-hydrogen) atoms. The van der Waals surface area contributed by atoms with Gasteiger partial charge in [-0.15, -0.1) is 0 Å². The maximum absolute atomic E-state index is 5.46. The second-order valence-electron chi connectivity index (χ2n) is 6.18. The number of ether oxygens (including phenoxy) is 2. The number of benzene rings is 1. The Labute approximate surface area is 147 Å². The first-order chi connectivity index (χ1) is 11.9. The molecular formula is C18H23N5O2. The van der Waals surface area contributed by atoms with Crippen molar-refractivity contribution < 1.29 is 9.47 Å². The summed E-state index contributed by atoms with van der Waals surface area (Å²) in [6, 6.07) is 5.59. The summed E-state index contributed by atoms with van der Waals surface area (Å²) in [5, 5.41) is 7.86. The summed E-state index contributed by atoms with van der Waals surface area (Å²) < 4.78 is 12.6. The third kappa shape index (κ3) is 3.09. The molecule has 7 nitrogen and oxygen atoms in total. The van der Waals surface area contributed by atoms with Crippen molar-refractivity contribution in [2.45, 2.75) is 26.7 Å². The molecule has 3 aromatic rings. The van der Waals surface area contributed by atoms with Crippen LogP contribution in [0.2, 0.25) is 0 Å². The fourth-order valence-corrected chi connectivity index (χ4v) is 2.74. The van der Waals surface area contributed by atoms with Gasteiger partial charge >= 0.3 is 0 Å². The minimum absolute atomic E-state index is 0.205. The number of nitrogens with zero attached hydrogens (tertiary/aromatic N) is 4. The van der Waals surface area contributed by atoms with Gasteiger partial charge in [-0.3, -0.25) is 4.68 Å². The Hall–Kier alpha value is -2.83. The van der Waals surface area contributed by atoms with Crippen LogP contribution in [0, 0.1) is 6.92 Å². The van der Waals surface area contributed by atoms with Crippen LogP contribution < -0.4 is 14.8 Å². The van der Waals surface area contributed by atoms with Gasteiger partial charge in [0, 0.05) is 19.0 Å². The van der Waals surface area contributed by atoms with E-state index in [1.165, 1.54) is 0 Å². The summed E-state index contributed by atoms with van der Waals surface area (Å²) in [4.78, 5) is 9.40. The van der Waals surface area contributed by atoms with E-state index in [0.29, 0.717) is 11.6 Å². The first-order valence-corrected chi connectivity index (χ1v) is 8.15. The van der Waals surface area contributed by atoms with Gasteiger partial charge < -0.3 is 14.8 Å². The molecule has 7 heteroatoms. The number of aromatic nitrogens is 4. The van der Waals surface area contributed by atoms with Crippen LogP contribution in [-0.2, 0) is 7.05 Å². The van der Waals surface area contributed by atoms with Gasteiger partial charge in [-0.05, 0) is 19.1 Å². The van der Waals surface area contributed by atoms with Crippen molar-refractivity contribution in [2.75, 3.05) is 19.5 Å². The van der Waals surface area contributed by atoms with Gasteiger partial charge in [-0.2, -0.15) is 5.10 Å². The monoisotopic (exact) mass is 341 g/mol. The molecule has 0 radical (unpaired) electrons. The van der Waals surface area contributed by atoms with Crippen molar-refractivity contribution in [1.29, 1.82) is 0 Å². The van der Waals surface area contributed by atoms with Gasteiger partial charge in [-0.1, -0.05) is 13.8 Å². The molecule has 0 saturated heterocycles. The summed E-state index contributed by atoms with van der Waals surface area (Å²) in [5.74, 6) is 3.12. The van der Waals surface area contributed by atoms with Crippen molar-refractivity contribution in [1.82, 2.24) is 19.7 Å². The van der Waals surface area contributed by atoms with E-state index in [0.717, 1.165) is 34.0 Å². The number of fused-ring (bicyclic) bond motifs is 1. The zero-order valence-corrected chi connectivity index (χ0v) is 15.4. The van der Waals surface area contributed by atoms with Gasteiger partial charge in [0.2, 0.25) is 0 Å². The predicted molar refractivity (Wildman–Crippen MR) is 98.0 cm³/mol. The van der Waals surface area contributed by atoms with Gasteiger partial charge in [-0.25, -0.2) is 9.97 Å². The van der Waals surface area contributed by atoms with Gasteiger partial charge in [0.15, 0.2) is 5.82 Å². The number of aryl methyl sites for hydroxylation is 2. The molecule has 2 heterocycles. The molecular weight excluding hydrogens is 318 g/mol. The van der Waals surface area contributed by atoms with E-state index < -0.39 is 0 Å². The third-order valence-electron chi connectivity index (χ3n) is 4.04. The zero-order valence-electron chi connectivity index (χ0n) is 15.4. The van der Waals surface area contributed by atoms with Crippen LogP contribution >= 0.6 is 0 Å². The number of hydrogen-bond acceptors (Lipinski definition) is 6. The van der Waals surface area contributed by atoms with E-state index in [1.54, 1.807) is 18.9 Å². The Balaban J connectivity index is 2.18. The van der Waals surface area contributed by atoms with Crippen molar-refractivity contribution in [3.63, 3.8) is 0 Å². The number of methoxy groups -OCH3 is 2. The Bertz CT molecular complexity index is 917. The van der Waals surface area contributed by atoms with Crippen LogP contribution in [0.1, 0.15) is 31.3 Å². The number of rotatable bonds is 5. The lowest BCUT2D eigenvalue weighted by molar-refractivity contribution is 0.405. The predicted octanol–water partition coefficient (Wildman–Crippen LogP) is 3.56. The molecule has 0 atom stereocenters. The molecule has 3 rings (SSSR count). The molecule has 0 amide bonds. The summed E-state index contributed by atoms with van der Waals surface area (Å²) in [5.41, 5.74) is 3.36. The van der Waals surface area contributed by atoms with Gasteiger partial charge in [0.25, 0.3) is 0 Å². The fourth-order valence-electron chi connectivity index (χ4n) is 2.74. The summed E-state index contributed by atoms with van der Waals surface area (Å²) in [6.45, 7) is 6.10. The Morgan fingerprint density at radius 3 is 2.52 bits per heavy atom. The average Bonchev–Trinajstić information content (AvgIpc) is 2.89.